The second-order valence-corrected chi connectivity index (χ2v) is 6.81. The van der Waals surface area contributed by atoms with Crippen LogP contribution >= 0.6 is 0 Å². The molecule has 0 aromatic rings. The largest absolute Gasteiger partial charge is 0.379 e. The first-order valence-electron chi connectivity index (χ1n) is 8.57. The number of hydrogen-bond donors (Lipinski definition) is 1. The number of morpholine rings is 1. The van der Waals surface area contributed by atoms with Crippen molar-refractivity contribution in [3.63, 3.8) is 0 Å². The monoisotopic (exact) mass is 295 g/mol. The van der Waals surface area contributed by atoms with E-state index in [1.165, 1.54) is 12.8 Å². The first-order chi connectivity index (χ1) is 10.2. The molecule has 3 rings (SSSR count). The molecule has 0 aromatic carbocycles. The molecule has 1 N–H and O–H groups in total. The van der Waals surface area contributed by atoms with Gasteiger partial charge in [-0.3, -0.25) is 9.69 Å². The average Bonchev–Trinajstić information content (AvgIpc) is 3.00. The van der Waals surface area contributed by atoms with E-state index in [-0.39, 0.29) is 0 Å². The molecule has 0 saturated carbocycles. The van der Waals surface area contributed by atoms with Gasteiger partial charge in [0.25, 0.3) is 0 Å². The van der Waals surface area contributed by atoms with Crippen LogP contribution < -0.4 is 5.32 Å². The Labute approximate surface area is 128 Å². The van der Waals surface area contributed by atoms with E-state index in [2.05, 4.69) is 22.0 Å². The lowest BCUT2D eigenvalue weighted by Gasteiger charge is -2.33. The highest BCUT2D eigenvalue weighted by molar-refractivity contribution is 5.77. The first-order valence-corrected chi connectivity index (χ1v) is 8.57. The van der Waals surface area contributed by atoms with E-state index in [4.69, 9.17) is 4.74 Å². The van der Waals surface area contributed by atoms with E-state index in [0.29, 0.717) is 30.3 Å². The lowest BCUT2D eigenvalue weighted by molar-refractivity contribution is -0.131. The topological polar surface area (TPSA) is 44.8 Å². The second kappa shape index (κ2) is 7.07. The lowest BCUT2D eigenvalue weighted by Crippen LogP contribution is -2.46. The van der Waals surface area contributed by atoms with Crippen molar-refractivity contribution in [1.29, 1.82) is 0 Å². The van der Waals surface area contributed by atoms with Crippen LogP contribution in [0.4, 0.5) is 0 Å². The normalized spacial score (nSPS) is 35.1. The van der Waals surface area contributed by atoms with Gasteiger partial charge in [-0.2, -0.15) is 0 Å². The zero-order valence-electron chi connectivity index (χ0n) is 13.2. The number of carbonyl (C=O) groups excluding carboxylic acids is 1. The van der Waals surface area contributed by atoms with Gasteiger partial charge in [0, 0.05) is 44.7 Å². The molecular weight excluding hydrogens is 266 g/mol. The minimum Gasteiger partial charge on any atom is -0.379 e. The number of nitrogens with zero attached hydrogens (tertiary/aromatic N) is 2. The van der Waals surface area contributed by atoms with Gasteiger partial charge in [0.15, 0.2) is 0 Å². The van der Waals surface area contributed by atoms with Crippen molar-refractivity contribution in [3.8, 4) is 0 Å². The number of hydrogen-bond acceptors (Lipinski definition) is 4. The van der Waals surface area contributed by atoms with Crippen LogP contribution in [0.5, 0.6) is 0 Å². The fourth-order valence-corrected chi connectivity index (χ4v) is 3.91. The van der Waals surface area contributed by atoms with Gasteiger partial charge in [-0.25, -0.2) is 0 Å². The zero-order chi connectivity index (χ0) is 14.7. The second-order valence-electron chi connectivity index (χ2n) is 6.81. The highest BCUT2D eigenvalue weighted by atomic mass is 16.5. The van der Waals surface area contributed by atoms with E-state index in [0.717, 1.165) is 52.4 Å². The summed E-state index contributed by atoms with van der Waals surface area (Å²) in [5.41, 5.74) is 0. The molecule has 3 heterocycles. The predicted octanol–water partition coefficient (Wildman–Crippen LogP) is 0.698. The number of ether oxygens (including phenoxy) is 1. The van der Waals surface area contributed by atoms with E-state index in [1.54, 1.807) is 0 Å². The van der Waals surface area contributed by atoms with Crippen LogP contribution in [0.25, 0.3) is 0 Å². The lowest BCUT2D eigenvalue weighted by atomic mass is 9.90. The summed E-state index contributed by atoms with van der Waals surface area (Å²) in [7, 11) is 0. The van der Waals surface area contributed by atoms with Crippen molar-refractivity contribution in [1.82, 2.24) is 15.1 Å². The first kappa shape index (κ1) is 15.3. The zero-order valence-corrected chi connectivity index (χ0v) is 13.2. The number of likely N-dealkylation sites (tertiary alicyclic amines) is 1. The van der Waals surface area contributed by atoms with Crippen molar-refractivity contribution in [3.05, 3.63) is 0 Å². The van der Waals surface area contributed by atoms with Gasteiger partial charge in [-0.1, -0.05) is 6.92 Å². The van der Waals surface area contributed by atoms with Crippen LogP contribution in [0, 0.1) is 5.92 Å². The minimum absolute atomic E-state index is 0.344. The Morgan fingerprint density at radius 3 is 2.81 bits per heavy atom. The van der Waals surface area contributed by atoms with E-state index in [1.807, 2.05) is 0 Å². The van der Waals surface area contributed by atoms with Gasteiger partial charge in [0.1, 0.15) is 0 Å². The van der Waals surface area contributed by atoms with Crippen LogP contribution in [0.15, 0.2) is 0 Å². The molecule has 3 fully saturated rings. The number of carbonyl (C=O) groups is 1. The van der Waals surface area contributed by atoms with E-state index < -0.39 is 0 Å². The van der Waals surface area contributed by atoms with Crippen molar-refractivity contribution in [2.45, 2.75) is 44.7 Å². The summed E-state index contributed by atoms with van der Waals surface area (Å²) in [6, 6.07) is 0.934. The van der Waals surface area contributed by atoms with Gasteiger partial charge >= 0.3 is 0 Å². The number of amides is 1. The molecule has 5 heteroatoms. The Morgan fingerprint density at radius 2 is 2.05 bits per heavy atom. The van der Waals surface area contributed by atoms with Crippen LogP contribution in [0.2, 0.25) is 0 Å². The van der Waals surface area contributed by atoms with Crippen molar-refractivity contribution in [2.24, 2.45) is 5.92 Å². The number of piperidine rings is 1. The summed E-state index contributed by atoms with van der Waals surface area (Å²) in [5.74, 6) is 0.970. The summed E-state index contributed by atoms with van der Waals surface area (Å²) in [4.78, 5) is 17.1. The molecule has 3 aliphatic heterocycles. The quantitative estimate of drug-likeness (QED) is 0.832. The maximum absolute atomic E-state index is 12.5. The Hall–Kier alpha value is -0.650. The van der Waals surface area contributed by atoms with Crippen molar-refractivity contribution >= 4 is 5.91 Å². The minimum atomic E-state index is 0.344. The summed E-state index contributed by atoms with van der Waals surface area (Å²) >= 11 is 0. The Kier molecular flexibility index (Phi) is 5.14. The molecule has 0 radical (unpaired) electrons. The highest BCUT2D eigenvalue weighted by Gasteiger charge is 2.33. The summed E-state index contributed by atoms with van der Waals surface area (Å²) in [5, 5.41) is 3.52. The van der Waals surface area contributed by atoms with Gasteiger partial charge in [0.05, 0.1) is 13.2 Å². The summed E-state index contributed by atoms with van der Waals surface area (Å²) in [6.45, 7) is 8.91. The fraction of sp³-hybridized carbons (Fsp3) is 0.938. The molecule has 0 spiro atoms. The highest BCUT2D eigenvalue weighted by Crippen LogP contribution is 2.22. The Morgan fingerprint density at radius 1 is 1.24 bits per heavy atom. The molecule has 0 aliphatic carbocycles. The van der Waals surface area contributed by atoms with Gasteiger partial charge < -0.3 is 15.0 Å². The SMILES string of the molecule is CC1CCCNC1CC(=O)N1CCC(N2CCOCC2)C1. The van der Waals surface area contributed by atoms with Gasteiger partial charge in [-0.05, 0) is 31.7 Å². The fourth-order valence-electron chi connectivity index (χ4n) is 3.91. The molecule has 0 bridgehead atoms. The summed E-state index contributed by atoms with van der Waals surface area (Å²) < 4.78 is 5.42. The smallest absolute Gasteiger partial charge is 0.224 e. The molecule has 1 amide bonds. The average molecular weight is 295 g/mol. The molecule has 3 saturated heterocycles. The van der Waals surface area contributed by atoms with Crippen LogP contribution in [0.3, 0.4) is 0 Å². The third-order valence-electron chi connectivity index (χ3n) is 5.40. The van der Waals surface area contributed by atoms with Gasteiger partial charge in [-0.15, -0.1) is 0 Å². The third kappa shape index (κ3) is 3.76. The standard InChI is InChI=1S/C16H29N3O2/c1-13-3-2-5-17-15(13)11-16(20)19-6-4-14(12-19)18-7-9-21-10-8-18/h13-15,17H,2-12H2,1H3. The van der Waals surface area contributed by atoms with Crippen LogP contribution in [-0.4, -0.2) is 73.7 Å². The maximum Gasteiger partial charge on any atom is 0.224 e. The van der Waals surface area contributed by atoms with Gasteiger partial charge in [0.2, 0.25) is 5.91 Å². The summed E-state index contributed by atoms with van der Waals surface area (Å²) in [6.07, 6.45) is 4.30. The van der Waals surface area contributed by atoms with Crippen molar-refractivity contribution in [2.75, 3.05) is 45.9 Å². The Bertz CT molecular complexity index is 357. The van der Waals surface area contributed by atoms with E-state index >= 15 is 0 Å². The van der Waals surface area contributed by atoms with E-state index in [9.17, 15) is 4.79 Å². The molecular formula is C16H29N3O2. The van der Waals surface area contributed by atoms with Crippen LogP contribution in [-0.2, 0) is 9.53 Å². The molecule has 120 valence electrons. The molecule has 3 aliphatic rings. The maximum atomic E-state index is 12.5. The predicted molar refractivity (Wildman–Crippen MR) is 82.2 cm³/mol. The van der Waals surface area contributed by atoms with Crippen molar-refractivity contribution < 1.29 is 9.53 Å². The number of rotatable bonds is 3. The molecule has 3 atom stereocenters. The Balaban J connectivity index is 1.47. The third-order valence-corrected chi connectivity index (χ3v) is 5.40. The molecule has 21 heavy (non-hydrogen) atoms. The molecule has 5 nitrogen and oxygen atoms in total. The van der Waals surface area contributed by atoms with Crippen LogP contribution in [0.1, 0.15) is 32.6 Å². The molecule has 0 aromatic heterocycles. The number of nitrogens with one attached hydrogen (secondary N) is 1. The molecule has 3 unspecified atom stereocenters.